The predicted octanol–water partition coefficient (Wildman–Crippen LogP) is 4.13. The third kappa shape index (κ3) is 7.64. The molecule has 3 aromatic rings. The van der Waals surface area contributed by atoms with E-state index in [4.69, 9.17) is 28.2 Å². The first-order valence-corrected chi connectivity index (χ1v) is 17.8. The van der Waals surface area contributed by atoms with Crippen LogP contribution in [0.3, 0.4) is 0 Å². The number of hydrogen-bond donors (Lipinski definition) is 2. The molecule has 0 spiro atoms. The van der Waals surface area contributed by atoms with Crippen LogP contribution in [0.2, 0.25) is 10.0 Å². The number of amides is 2. The fraction of sp³-hybridized carbons (Fsp3) is 0.516. The number of aromatic nitrogens is 3. The molecule has 0 bridgehead atoms. The van der Waals surface area contributed by atoms with Gasteiger partial charge in [-0.1, -0.05) is 30.1 Å². The Balaban J connectivity index is 1.15. The van der Waals surface area contributed by atoms with Crippen LogP contribution in [0.5, 0.6) is 0 Å². The first-order valence-electron chi connectivity index (χ1n) is 15.6. The molecule has 2 aliphatic heterocycles. The number of imidazole rings is 1. The maximum atomic E-state index is 13.3. The van der Waals surface area contributed by atoms with Gasteiger partial charge in [0.1, 0.15) is 23.4 Å². The summed E-state index contributed by atoms with van der Waals surface area (Å²) in [7, 11) is -4.12. The van der Waals surface area contributed by atoms with Gasteiger partial charge < -0.3 is 19.9 Å². The van der Waals surface area contributed by atoms with E-state index in [1.165, 1.54) is 18.2 Å². The third-order valence-electron chi connectivity index (χ3n) is 8.72. The lowest BCUT2D eigenvalue weighted by Gasteiger charge is -2.33. The summed E-state index contributed by atoms with van der Waals surface area (Å²) in [6, 6.07) is 3.46. The number of likely N-dealkylation sites (tertiary alicyclic amines) is 1. The number of fused-ring (bicyclic) bond motifs is 1. The Labute approximate surface area is 278 Å². The van der Waals surface area contributed by atoms with E-state index in [0.717, 1.165) is 53.4 Å². The lowest BCUT2D eigenvalue weighted by molar-refractivity contribution is -0.143. The molecule has 2 aromatic heterocycles. The molecule has 12 nitrogen and oxygen atoms in total. The van der Waals surface area contributed by atoms with Gasteiger partial charge in [-0.25, -0.2) is 18.2 Å². The van der Waals surface area contributed by atoms with Crippen LogP contribution in [0.15, 0.2) is 41.6 Å². The molecule has 2 aliphatic rings. The van der Waals surface area contributed by atoms with Gasteiger partial charge in [-0.2, -0.15) is 4.31 Å². The molecule has 0 saturated carbocycles. The number of halogens is 2. The van der Waals surface area contributed by atoms with Crippen LogP contribution >= 0.6 is 23.2 Å². The highest BCUT2D eigenvalue weighted by Gasteiger charge is 2.41. The van der Waals surface area contributed by atoms with Gasteiger partial charge in [-0.15, -0.1) is 0 Å². The normalized spacial score (nSPS) is 18.6. The number of sulfonamides is 1. The van der Waals surface area contributed by atoms with Crippen molar-refractivity contribution in [3.63, 3.8) is 0 Å². The molecule has 248 valence electrons. The Bertz CT molecular complexity index is 1690. The molecule has 1 aromatic carbocycles. The van der Waals surface area contributed by atoms with Crippen molar-refractivity contribution >= 4 is 62.0 Å². The molecule has 0 radical (unpaired) electrons. The van der Waals surface area contributed by atoms with Crippen LogP contribution in [0, 0.1) is 5.92 Å². The molecule has 2 saturated heterocycles. The van der Waals surface area contributed by atoms with Crippen LogP contribution in [0.4, 0.5) is 0 Å². The lowest BCUT2D eigenvalue weighted by Crippen LogP contribution is -2.51. The number of rotatable bonds is 12. The summed E-state index contributed by atoms with van der Waals surface area (Å²) in [6.45, 7) is 4.15. The van der Waals surface area contributed by atoms with Crippen LogP contribution < -0.4 is 5.32 Å². The molecule has 2 fully saturated rings. The summed E-state index contributed by atoms with van der Waals surface area (Å²) in [5.74, 6) is -0.782. The summed E-state index contributed by atoms with van der Waals surface area (Å²) in [4.78, 5) is 48.9. The van der Waals surface area contributed by atoms with Crippen molar-refractivity contribution in [2.24, 2.45) is 5.92 Å². The van der Waals surface area contributed by atoms with Gasteiger partial charge in [0.25, 0.3) is 0 Å². The topological polar surface area (TPSA) is 155 Å². The third-order valence-corrected chi connectivity index (χ3v) is 11.0. The number of hydrogen-bond acceptors (Lipinski definition) is 7. The molecule has 1 unspecified atom stereocenters. The molecule has 2 amide bonds. The SMILES string of the molecule is CCCc1nc2cnccc2n1CC1CCN(C(=O)CCC(NC(=O)[C@@H]2CCCN2S(=O)(=O)c2cc(Cl)cc(Cl)c2)C(=O)O)CC1. The molecular weight excluding hydrogens is 655 g/mol. The molecule has 2 N–H and O–H groups in total. The van der Waals surface area contributed by atoms with Gasteiger partial charge in [-0.3, -0.25) is 14.6 Å². The minimum atomic E-state index is -4.12. The average molecular weight is 694 g/mol. The van der Waals surface area contributed by atoms with Gasteiger partial charge in [0, 0.05) is 55.3 Å². The second-order valence-corrected chi connectivity index (χ2v) is 14.7. The number of pyridine rings is 1. The zero-order valence-corrected chi connectivity index (χ0v) is 27.9. The minimum Gasteiger partial charge on any atom is -0.480 e. The zero-order valence-electron chi connectivity index (χ0n) is 25.6. The van der Waals surface area contributed by atoms with Crippen molar-refractivity contribution in [1.29, 1.82) is 0 Å². The summed E-state index contributed by atoms with van der Waals surface area (Å²) in [5.41, 5.74) is 1.94. The number of nitrogens with one attached hydrogen (secondary N) is 1. The summed E-state index contributed by atoms with van der Waals surface area (Å²) in [5, 5.41) is 12.6. The molecule has 0 aliphatic carbocycles. The van der Waals surface area contributed by atoms with E-state index in [1.807, 2.05) is 6.07 Å². The summed E-state index contributed by atoms with van der Waals surface area (Å²) < 4.78 is 30.0. The van der Waals surface area contributed by atoms with Gasteiger partial charge in [0.2, 0.25) is 21.8 Å². The van der Waals surface area contributed by atoms with Crippen molar-refractivity contribution in [3.05, 3.63) is 52.5 Å². The van der Waals surface area contributed by atoms with Crippen LogP contribution in [0.1, 0.15) is 57.7 Å². The van der Waals surface area contributed by atoms with Gasteiger partial charge in [0.15, 0.2) is 0 Å². The molecule has 4 heterocycles. The number of aryl methyl sites for hydroxylation is 1. The molecule has 2 atom stereocenters. The predicted molar refractivity (Wildman–Crippen MR) is 173 cm³/mol. The zero-order chi connectivity index (χ0) is 33.0. The summed E-state index contributed by atoms with van der Waals surface area (Å²) >= 11 is 12.0. The number of carbonyl (C=O) groups excluding carboxylic acids is 2. The highest BCUT2D eigenvalue weighted by molar-refractivity contribution is 7.89. The maximum absolute atomic E-state index is 13.3. The van der Waals surface area contributed by atoms with Crippen LogP contribution in [0.25, 0.3) is 11.0 Å². The van der Waals surface area contributed by atoms with Crippen LogP contribution in [-0.4, -0.2) is 86.8 Å². The minimum absolute atomic E-state index is 0.0601. The quantitative estimate of drug-likeness (QED) is 0.287. The Kier molecular flexibility index (Phi) is 10.9. The number of carbonyl (C=O) groups is 3. The fourth-order valence-corrected chi connectivity index (χ4v) is 8.71. The van der Waals surface area contributed by atoms with Crippen molar-refractivity contribution in [1.82, 2.24) is 29.1 Å². The van der Waals surface area contributed by atoms with E-state index in [-0.39, 0.29) is 46.7 Å². The average Bonchev–Trinajstić information content (AvgIpc) is 3.65. The van der Waals surface area contributed by atoms with Crippen molar-refractivity contribution < 1.29 is 27.9 Å². The fourth-order valence-electron chi connectivity index (χ4n) is 6.33. The van der Waals surface area contributed by atoms with E-state index in [1.54, 1.807) is 17.3 Å². The van der Waals surface area contributed by atoms with Gasteiger partial charge >= 0.3 is 5.97 Å². The number of carboxylic acids is 1. The Morgan fingerprint density at radius 1 is 1.09 bits per heavy atom. The molecule has 15 heteroatoms. The Hall–Kier alpha value is -3.26. The number of aliphatic carboxylic acids is 1. The number of benzene rings is 1. The van der Waals surface area contributed by atoms with E-state index in [2.05, 4.69) is 21.8 Å². The highest BCUT2D eigenvalue weighted by atomic mass is 35.5. The monoisotopic (exact) mass is 692 g/mol. The van der Waals surface area contributed by atoms with Crippen LogP contribution in [-0.2, 0) is 37.4 Å². The molecule has 46 heavy (non-hydrogen) atoms. The first-order chi connectivity index (χ1) is 22.0. The standard InChI is InChI=1S/C31H38Cl2N6O6S/c1-2-4-28-35-25-18-34-11-8-26(25)38(28)19-20-9-13-37(14-10-20)29(40)7-6-24(31(42)43)36-30(41)27-5-3-12-39(27)46(44,45)23-16-21(32)15-22(33)17-23/h8,11,15-18,20,24,27H,2-7,9-10,12-14,19H2,1H3,(H,36,41)(H,42,43)/t24?,27-/m0/s1. The van der Waals surface area contributed by atoms with Gasteiger partial charge in [-0.05, 0) is 68.7 Å². The van der Waals surface area contributed by atoms with Crippen molar-refractivity contribution in [2.45, 2.75) is 81.8 Å². The molecular formula is C31H38Cl2N6O6S. The number of piperidine rings is 1. The molecule has 5 rings (SSSR count). The maximum Gasteiger partial charge on any atom is 0.326 e. The first kappa shape index (κ1) is 34.1. The van der Waals surface area contributed by atoms with E-state index >= 15 is 0 Å². The van der Waals surface area contributed by atoms with E-state index in [0.29, 0.717) is 25.4 Å². The number of nitrogens with zero attached hydrogens (tertiary/aromatic N) is 5. The lowest BCUT2D eigenvalue weighted by atomic mass is 9.96. The number of carboxylic acid groups (broad SMARTS) is 1. The van der Waals surface area contributed by atoms with Crippen molar-refractivity contribution in [3.8, 4) is 0 Å². The second-order valence-electron chi connectivity index (χ2n) is 11.9. The van der Waals surface area contributed by atoms with Gasteiger partial charge in [0.05, 0.1) is 16.6 Å². The van der Waals surface area contributed by atoms with E-state index in [9.17, 15) is 27.9 Å². The Morgan fingerprint density at radius 2 is 1.80 bits per heavy atom. The summed E-state index contributed by atoms with van der Waals surface area (Å²) in [6.07, 6.45) is 7.51. The Morgan fingerprint density at radius 3 is 2.48 bits per heavy atom. The van der Waals surface area contributed by atoms with E-state index < -0.39 is 34.0 Å². The highest BCUT2D eigenvalue weighted by Crippen LogP contribution is 2.30. The second kappa shape index (κ2) is 14.7. The largest absolute Gasteiger partial charge is 0.480 e. The van der Waals surface area contributed by atoms with Crippen molar-refractivity contribution in [2.75, 3.05) is 19.6 Å². The smallest absolute Gasteiger partial charge is 0.326 e.